The maximum atomic E-state index is 13.3. The zero-order valence-corrected chi connectivity index (χ0v) is 24.9. The van der Waals surface area contributed by atoms with Gasteiger partial charge in [0.1, 0.15) is 12.1 Å². The molecule has 0 fully saturated rings. The van der Waals surface area contributed by atoms with Crippen LogP contribution in [0.4, 0.5) is 0 Å². The minimum absolute atomic E-state index is 0.0181. The topological polar surface area (TPSA) is 140 Å². The summed E-state index contributed by atoms with van der Waals surface area (Å²) in [5.41, 5.74) is 4.67. The van der Waals surface area contributed by atoms with Gasteiger partial charge in [-0.05, 0) is 29.4 Å². The van der Waals surface area contributed by atoms with Gasteiger partial charge >= 0.3 is 0 Å². The number of hydrogen-bond donors (Lipinski definition) is 5. The van der Waals surface area contributed by atoms with Gasteiger partial charge in [-0.15, -0.1) is 0 Å². The lowest BCUT2D eigenvalue weighted by molar-refractivity contribution is -0.134. The fourth-order valence-electron chi connectivity index (χ4n) is 4.46. The summed E-state index contributed by atoms with van der Waals surface area (Å²) in [4.78, 5) is 50.0. The van der Waals surface area contributed by atoms with Crippen molar-refractivity contribution in [1.29, 1.82) is 0 Å². The molecule has 0 aliphatic carbocycles. The molecule has 5 N–H and O–H groups in total. The highest BCUT2D eigenvalue weighted by atomic mass is 16.3. The first-order valence-electron chi connectivity index (χ1n) is 14.0. The van der Waals surface area contributed by atoms with Crippen LogP contribution in [-0.2, 0) is 32.1 Å². The van der Waals surface area contributed by atoms with Crippen LogP contribution in [-0.4, -0.2) is 64.5 Å². The van der Waals surface area contributed by atoms with Gasteiger partial charge < -0.3 is 21.1 Å². The highest BCUT2D eigenvalue weighted by Crippen LogP contribution is 2.12. The number of aliphatic hydroxyl groups is 1. The van der Waals surface area contributed by atoms with Gasteiger partial charge in [0.2, 0.25) is 17.7 Å². The second-order valence-corrected chi connectivity index (χ2v) is 11.1. The lowest BCUT2D eigenvalue weighted by atomic mass is 9.98. The van der Waals surface area contributed by atoms with Crippen LogP contribution in [0.25, 0.3) is 0 Å². The van der Waals surface area contributed by atoms with E-state index in [0.29, 0.717) is 6.42 Å². The van der Waals surface area contributed by atoms with Crippen LogP contribution >= 0.6 is 0 Å². The quantitative estimate of drug-likeness (QED) is 0.209. The fourth-order valence-corrected chi connectivity index (χ4v) is 4.46. The third-order valence-corrected chi connectivity index (χ3v) is 6.60. The molecule has 41 heavy (non-hydrogen) atoms. The molecular formula is C31H45N5O5. The Morgan fingerprint density at radius 3 is 1.63 bits per heavy atom. The van der Waals surface area contributed by atoms with Crippen molar-refractivity contribution >= 4 is 23.6 Å². The molecule has 2 aromatic rings. The first-order valence-corrected chi connectivity index (χ1v) is 14.0. The van der Waals surface area contributed by atoms with E-state index in [1.54, 1.807) is 5.01 Å². The second-order valence-electron chi connectivity index (χ2n) is 11.1. The maximum Gasteiger partial charge on any atom is 0.257 e. The molecule has 0 radical (unpaired) electrons. The summed E-state index contributed by atoms with van der Waals surface area (Å²) < 4.78 is 0. The van der Waals surface area contributed by atoms with Crippen molar-refractivity contribution in [2.45, 2.75) is 78.7 Å². The van der Waals surface area contributed by atoms with E-state index < -0.39 is 36.0 Å². The largest absolute Gasteiger partial charge is 0.390 e. The molecule has 4 amide bonds. The summed E-state index contributed by atoms with van der Waals surface area (Å²) in [5.74, 6) is -1.81. The van der Waals surface area contributed by atoms with Gasteiger partial charge in [-0.1, -0.05) is 88.4 Å². The predicted molar refractivity (Wildman–Crippen MR) is 158 cm³/mol. The number of hydrogen-bond acceptors (Lipinski definition) is 6. The van der Waals surface area contributed by atoms with Gasteiger partial charge in [0.25, 0.3) is 5.91 Å². The number of benzene rings is 2. The van der Waals surface area contributed by atoms with Gasteiger partial charge in [0.15, 0.2) is 0 Å². The van der Waals surface area contributed by atoms with E-state index >= 15 is 0 Å². The first-order chi connectivity index (χ1) is 19.4. The molecule has 0 aliphatic rings. The lowest BCUT2D eigenvalue weighted by Gasteiger charge is -2.33. The summed E-state index contributed by atoms with van der Waals surface area (Å²) in [7, 11) is 0. The molecule has 4 atom stereocenters. The van der Waals surface area contributed by atoms with Crippen molar-refractivity contribution in [3.63, 3.8) is 0 Å². The van der Waals surface area contributed by atoms with Crippen LogP contribution in [0.1, 0.15) is 52.7 Å². The van der Waals surface area contributed by atoms with Gasteiger partial charge in [-0.25, -0.2) is 5.01 Å². The second kappa shape index (κ2) is 16.5. The summed E-state index contributed by atoms with van der Waals surface area (Å²) in [5, 5.41) is 21.4. The standard InChI is InChI=1S/C31H45N5O5/c1-20(2)28(32-22(5)37)30(40)34-26(17-24-13-9-7-10-14-24)27(39)19-36(18-25-15-11-8-12-16-25)35-31(41)29(21(3)4)33-23(6)38/h7-16,20-21,26-29,39H,17-19H2,1-6H3,(H,32,37)(H,33,38)(H,34,40)(H,35,41)/t26-,27-,28-,29+/m0/s1. The number of aliphatic hydroxyl groups excluding tert-OH is 1. The molecule has 10 heteroatoms. The first kappa shape index (κ1) is 33.4. The van der Waals surface area contributed by atoms with Crippen LogP contribution in [0, 0.1) is 11.8 Å². The van der Waals surface area contributed by atoms with Crippen LogP contribution in [0.3, 0.4) is 0 Å². The van der Waals surface area contributed by atoms with Crippen LogP contribution < -0.4 is 21.4 Å². The van der Waals surface area contributed by atoms with Crippen LogP contribution in [0.15, 0.2) is 60.7 Å². The van der Waals surface area contributed by atoms with Crippen molar-refractivity contribution in [3.05, 3.63) is 71.8 Å². The Bertz CT molecular complexity index is 1130. The van der Waals surface area contributed by atoms with E-state index in [-0.39, 0.29) is 36.7 Å². The fraction of sp³-hybridized carbons (Fsp3) is 0.484. The lowest BCUT2D eigenvalue weighted by Crippen LogP contribution is -2.59. The van der Waals surface area contributed by atoms with Gasteiger partial charge in [-0.2, -0.15) is 0 Å². The molecule has 2 rings (SSSR count). The monoisotopic (exact) mass is 567 g/mol. The maximum absolute atomic E-state index is 13.3. The molecule has 0 aromatic heterocycles. The molecular weight excluding hydrogens is 522 g/mol. The Hall–Kier alpha value is -3.76. The average Bonchev–Trinajstić information content (AvgIpc) is 2.90. The SMILES string of the molecule is CC(=O)N[C@H](C(=O)N[C@@H](Cc1ccccc1)[C@@H](O)CN(Cc1ccccc1)NC(=O)[C@H](NC(C)=O)C(C)C)C(C)C. The predicted octanol–water partition coefficient (Wildman–Crippen LogP) is 1.93. The van der Waals surface area contributed by atoms with Crippen LogP contribution in [0.2, 0.25) is 0 Å². The van der Waals surface area contributed by atoms with Gasteiger partial charge in [-0.3, -0.25) is 24.6 Å². The number of hydrazine groups is 1. The highest BCUT2D eigenvalue weighted by molar-refractivity contribution is 5.87. The summed E-state index contributed by atoms with van der Waals surface area (Å²) in [6.07, 6.45) is -0.779. The van der Waals surface area contributed by atoms with E-state index in [4.69, 9.17) is 0 Å². The Labute approximate surface area is 243 Å². The smallest absolute Gasteiger partial charge is 0.257 e. The molecule has 224 valence electrons. The van der Waals surface area contributed by atoms with Crippen molar-refractivity contribution in [2.24, 2.45) is 11.8 Å². The third kappa shape index (κ3) is 11.7. The molecule has 0 aliphatic heterocycles. The summed E-state index contributed by atoms with van der Waals surface area (Å²) >= 11 is 0. The van der Waals surface area contributed by atoms with Crippen molar-refractivity contribution in [1.82, 2.24) is 26.4 Å². The molecule has 0 unspecified atom stereocenters. The van der Waals surface area contributed by atoms with E-state index in [9.17, 15) is 24.3 Å². The zero-order chi connectivity index (χ0) is 30.5. The number of carbonyl (C=O) groups excluding carboxylic acids is 4. The zero-order valence-electron chi connectivity index (χ0n) is 24.9. The molecule has 0 spiro atoms. The van der Waals surface area contributed by atoms with E-state index in [2.05, 4.69) is 21.4 Å². The number of nitrogens with zero attached hydrogens (tertiary/aromatic N) is 1. The van der Waals surface area contributed by atoms with Crippen molar-refractivity contribution in [3.8, 4) is 0 Å². The molecule has 0 bridgehead atoms. The molecule has 0 heterocycles. The molecule has 2 aromatic carbocycles. The van der Waals surface area contributed by atoms with Gasteiger partial charge in [0.05, 0.1) is 12.1 Å². The minimum Gasteiger partial charge on any atom is -0.390 e. The van der Waals surface area contributed by atoms with E-state index in [0.717, 1.165) is 11.1 Å². The number of rotatable bonds is 15. The Kier molecular flexibility index (Phi) is 13.5. The number of nitrogens with one attached hydrogen (secondary N) is 4. The highest BCUT2D eigenvalue weighted by Gasteiger charge is 2.31. The summed E-state index contributed by atoms with van der Waals surface area (Å²) in [6.45, 7) is 10.3. The average molecular weight is 568 g/mol. The molecule has 0 saturated heterocycles. The Morgan fingerprint density at radius 1 is 0.707 bits per heavy atom. The van der Waals surface area contributed by atoms with Crippen molar-refractivity contribution in [2.75, 3.05) is 6.54 Å². The Balaban J connectivity index is 2.33. The number of carbonyl (C=O) groups is 4. The summed E-state index contributed by atoms with van der Waals surface area (Å²) in [6, 6.07) is 16.6. The third-order valence-electron chi connectivity index (χ3n) is 6.60. The number of amides is 4. The van der Waals surface area contributed by atoms with Crippen LogP contribution in [0.5, 0.6) is 0 Å². The van der Waals surface area contributed by atoms with E-state index in [1.165, 1.54) is 13.8 Å². The minimum atomic E-state index is -1.11. The normalized spacial score (nSPS) is 14.2. The van der Waals surface area contributed by atoms with Gasteiger partial charge in [0, 0.05) is 26.9 Å². The van der Waals surface area contributed by atoms with E-state index in [1.807, 2.05) is 88.4 Å². The molecule has 10 nitrogen and oxygen atoms in total. The molecule has 0 saturated carbocycles. The van der Waals surface area contributed by atoms with Crippen molar-refractivity contribution < 1.29 is 24.3 Å². The Morgan fingerprint density at radius 2 is 1.17 bits per heavy atom.